The molecule has 2 saturated heterocycles. The van der Waals surface area contributed by atoms with E-state index in [0.717, 1.165) is 76.1 Å². The Labute approximate surface area is 172 Å². The maximum Gasteiger partial charge on any atom is 0.317 e. The Morgan fingerprint density at radius 3 is 2.79 bits per heavy atom. The summed E-state index contributed by atoms with van der Waals surface area (Å²) in [5, 5.41) is 12.4. The molecule has 158 valence electrons. The number of likely N-dealkylation sites (tertiary alicyclic amines) is 2. The fourth-order valence-electron chi connectivity index (χ4n) is 5.12. The lowest BCUT2D eigenvalue weighted by molar-refractivity contribution is -0.150. The third kappa shape index (κ3) is 4.55. The number of carboxylic acids is 1. The van der Waals surface area contributed by atoms with Gasteiger partial charge in [-0.15, -0.1) is 0 Å². The number of amides is 1. The van der Waals surface area contributed by atoms with E-state index in [2.05, 4.69) is 17.4 Å². The first-order valence-electron chi connectivity index (χ1n) is 11.0. The van der Waals surface area contributed by atoms with Gasteiger partial charge in [0.05, 0.1) is 12.0 Å². The molecule has 7 nitrogen and oxygen atoms in total. The topological polar surface area (TPSA) is 85.8 Å². The van der Waals surface area contributed by atoms with Crippen molar-refractivity contribution in [1.29, 1.82) is 0 Å². The van der Waals surface area contributed by atoms with Crippen LogP contribution < -0.4 is 5.32 Å². The number of carboxylic acid groups (broad SMARTS) is 1. The quantitative estimate of drug-likeness (QED) is 0.761. The molecule has 0 aromatic carbocycles. The first kappa shape index (κ1) is 20.1. The molecule has 3 aliphatic heterocycles. The Morgan fingerprint density at radius 2 is 2.00 bits per heavy atom. The normalized spacial score (nSPS) is 21.7. The Morgan fingerprint density at radius 1 is 1.17 bits per heavy atom. The SMILES string of the molecule is O=C(O)CN1CCC2(CCCN(CCCc3ccc4c(n3)NCCC4)C2=O)CC1. The lowest BCUT2D eigenvalue weighted by Gasteiger charge is -2.46. The van der Waals surface area contributed by atoms with Gasteiger partial charge >= 0.3 is 5.97 Å². The lowest BCUT2D eigenvalue weighted by Crippen LogP contribution is -2.54. The minimum atomic E-state index is -0.788. The third-order valence-corrected chi connectivity index (χ3v) is 6.81. The predicted octanol–water partition coefficient (Wildman–Crippen LogP) is 2.16. The van der Waals surface area contributed by atoms with Gasteiger partial charge in [-0.05, 0) is 76.1 Å². The highest BCUT2D eigenvalue weighted by Gasteiger charge is 2.45. The number of nitrogens with zero attached hydrogens (tertiary/aromatic N) is 3. The highest BCUT2D eigenvalue weighted by atomic mass is 16.4. The number of piperidine rings is 2. The molecule has 0 atom stereocenters. The van der Waals surface area contributed by atoms with E-state index in [-0.39, 0.29) is 12.0 Å². The zero-order chi connectivity index (χ0) is 20.3. The zero-order valence-electron chi connectivity index (χ0n) is 17.2. The summed E-state index contributed by atoms with van der Waals surface area (Å²) in [5.74, 6) is 0.539. The van der Waals surface area contributed by atoms with Crippen molar-refractivity contribution in [3.63, 3.8) is 0 Å². The summed E-state index contributed by atoms with van der Waals surface area (Å²) in [6.07, 6.45) is 7.65. The van der Waals surface area contributed by atoms with Crippen LogP contribution in [0.3, 0.4) is 0 Å². The summed E-state index contributed by atoms with van der Waals surface area (Å²) in [7, 11) is 0. The molecule has 0 aliphatic carbocycles. The van der Waals surface area contributed by atoms with Crippen molar-refractivity contribution in [1.82, 2.24) is 14.8 Å². The number of nitrogens with one attached hydrogen (secondary N) is 1. The van der Waals surface area contributed by atoms with Gasteiger partial charge in [0.2, 0.25) is 5.91 Å². The number of hydrogen-bond acceptors (Lipinski definition) is 5. The molecule has 1 spiro atoms. The predicted molar refractivity (Wildman–Crippen MR) is 111 cm³/mol. The fourth-order valence-corrected chi connectivity index (χ4v) is 5.12. The van der Waals surface area contributed by atoms with Crippen LogP contribution in [-0.4, -0.2) is 71.0 Å². The Bertz CT molecular complexity index is 758. The average Bonchev–Trinajstić information content (AvgIpc) is 2.72. The maximum absolute atomic E-state index is 13.2. The van der Waals surface area contributed by atoms with Crippen molar-refractivity contribution >= 4 is 17.7 Å². The fraction of sp³-hybridized carbons (Fsp3) is 0.682. The van der Waals surface area contributed by atoms with Gasteiger partial charge in [0.1, 0.15) is 5.82 Å². The van der Waals surface area contributed by atoms with Crippen molar-refractivity contribution < 1.29 is 14.7 Å². The molecule has 0 unspecified atom stereocenters. The summed E-state index contributed by atoms with van der Waals surface area (Å²) >= 11 is 0. The molecule has 1 aromatic rings. The number of carbonyl (C=O) groups excluding carboxylic acids is 1. The van der Waals surface area contributed by atoms with E-state index < -0.39 is 5.97 Å². The van der Waals surface area contributed by atoms with Gasteiger partial charge in [-0.1, -0.05) is 6.07 Å². The third-order valence-electron chi connectivity index (χ3n) is 6.81. The van der Waals surface area contributed by atoms with E-state index >= 15 is 0 Å². The van der Waals surface area contributed by atoms with Crippen LogP contribution in [-0.2, 0) is 22.4 Å². The van der Waals surface area contributed by atoms with Crippen LogP contribution in [0.2, 0.25) is 0 Å². The smallest absolute Gasteiger partial charge is 0.317 e. The number of aryl methyl sites for hydroxylation is 2. The number of anilines is 1. The number of pyridine rings is 1. The van der Waals surface area contributed by atoms with E-state index in [1.807, 2.05) is 9.80 Å². The van der Waals surface area contributed by atoms with Gasteiger partial charge < -0.3 is 15.3 Å². The first-order valence-corrected chi connectivity index (χ1v) is 11.0. The lowest BCUT2D eigenvalue weighted by atomic mass is 9.71. The Kier molecular flexibility index (Phi) is 6.04. The Balaban J connectivity index is 1.29. The maximum atomic E-state index is 13.2. The monoisotopic (exact) mass is 400 g/mol. The van der Waals surface area contributed by atoms with E-state index in [4.69, 9.17) is 10.1 Å². The summed E-state index contributed by atoms with van der Waals surface area (Å²) in [5.41, 5.74) is 2.14. The standard InChI is InChI=1S/C22H32N4O3/c27-19(28)16-25-14-9-22(10-15-25)8-3-13-26(21(22)29)12-2-5-18-7-6-17-4-1-11-23-20(17)24-18/h6-7H,1-5,8-16H2,(H,23,24)(H,27,28). The molecular formula is C22H32N4O3. The number of hydrogen-bond donors (Lipinski definition) is 2. The van der Waals surface area contributed by atoms with Crippen molar-refractivity contribution in [3.05, 3.63) is 23.4 Å². The molecule has 0 radical (unpaired) electrons. The molecule has 2 fully saturated rings. The van der Waals surface area contributed by atoms with Crippen LogP contribution in [0.5, 0.6) is 0 Å². The second-order valence-corrected chi connectivity index (χ2v) is 8.79. The van der Waals surface area contributed by atoms with Crippen LogP contribution in [0.25, 0.3) is 0 Å². The number of fused-ring (bicyclic) bond motifs is 1. The summed E-state index contributed by atoms with van der Waals surface area (Å²) in [6, 6.07) is 4.32. The van der Waals surface area contributed by atoms with Gasteiger partial charge in [0.15, 0.2) is 0 Å². The highest BCUT2D eigenvalue weighted by Crippen LogP contribution is 2.41. The zero-order valence-corrected chi connectivity index (χ0v) is 17.2. The number of aliphatic carboxylic acids is 1. The molecule has 7 heteroatoms. The molecule has 4 rings (SSSR count). The summed E-state index contributed by atoms with van der Waals surface area (Å²) in [6.45, 7) is 4.12. The molecule has 29 heavy (non-hydrogen) atoms. The molecule has 3 aliphatic rings. The van der Waals surface area contributed by atoms with E-state index in [1.165, 1.54) is 12.0 Å². The van der Waals surface area contributed by atoms with Gasteiger partial charge in [0.25, 0.3) is 0 Å². The molecular weight excluding hydrogens is 368 g/mol. The van der Waals surface area contributed by atoms with Crippen molar-refractivity contribution in [2.45, 2.75) is 51.4 Å². The van der Waals surface area contributed by atoms with Gasteiger partial charge in [-0.3, -0.25) is 14.5 Å². The van der Waals surface area contributed by atoms with Crippen LogP contribution >= 0.6 is 0 Å². The van der Waals surface area contributed by atoms with Gasteiger partial charge in [0, 0.05) is 25.3 Å². The highest BCUT2D eigenvalue weighted by molar-refractivity contribution is 5.83. The van der Waals surface area contributed by atoms with Crippen molar-refractivity contribution in [3.8, 4) is 0 Å². The largest absolute Gasteiger partial charge is 0.480 e. The molecule has 0 bridgehead atoms. The molecule has 1 amide bonds. The number of carbonyl (C=O) groups is 2. The van der Waals surface area contributed by atoms with Gasteiger partial charge in [-0.2, -0.15) is 0 Å². The molecule has 1 aromatic heterocycles. The average molecular weight is 401 g/mol. The minimum Gasteiger partial charge on any atom is -0.480 e. The van der Waals surface area contributed by atoms with Crippen LogP contribution in [0.15, 0.2) is 12.1 Å². The summed E-state index contributed by atoms with van der Waals surface area (Å²) < 4.78 is 0. The molecule has 4 heterocycles. The Hall–Kier alpha value is -2.15. The second kappa shape index (κ2) is 8.69. The van der Waals surface area contributed by atoms with Gasteiger partial charge in [-0.25, -0.2) is 4.98 Å². The first-order chi connectivity index (χ1) is 14.1. The van der Waals surface area contributed by atoms with Crippen molar-refractivity contribution in [2.75, 3.05) is 44.6 Å². The van der Waals surface area contributed by atoms with Crippen LogP contribution in [0.4, 0.5) is 5.82 Å². The van der Waals surface area contributed by atoms with E-state index in [0.29, 0.717) is 19.0 Å². The second-order valence-electron chi connectivity index (χ2n) is 8.79. The van der Waals surface area contributed by atoms with E-state index in [9.17, 15) is 9.59 Å². The van der Waals surface area contributed by atoms with E-state index in [1.54, 1.807) is 0 Å². The van der Waals surface area contributed by atoms with Crippen molar-refractivity contribution in [2.24, 2.45) is 5.41 Å². The minimum absolute atomic E-state index is 0.0800. The van der Waals surface area contributed by atoms with Crippen LogP contribution in [0.1, 0.15) is 49.8 Å². The molecule has 0 saturated carbocycles. The summed E-state index contributed by atoms with van der Waals surface area (Å²) in [4.78, 5) is 32.9. The number of aromatic nitrogens is 1. The van der Waals surface area contributed by atoms with Crippen LogP contribution in [0, 0.1) is 5.41 Å². The number of rotatable bonds is 6. The molecule has 2 N–H and O–H groups in total.